The average Bonchev–Trinajstić information content (AvgIpc) is 2.46. The second-order valence-electron chi connectivity index (χ2n) is 4.57. The molecule has 0 aliphatic carbocycles. The van der Waals surface area contributed by atoms with E-state index in [1.165, 1.54) is 11.1 Å². The van der Waals surface area contributed by atoms with Crippen LogP contribution in [-0.4, -0.2) is 17.2 Å². The Morgan fingerprint density at radius 3 is 2.74 bits per heavy atom. The van der Waals surface area contributed by atoms with Crippen LogP contribution in [0.4, 0.5) is 0 Å². The lowest BCUT2D eigenvalue weighted by Crippen LogP contribution is -2.05. The van der Waals surface area contributed by atoms with Crippen molar-refractivity contribution >= 4 is 0 Å². The van der Waals surface area contributed by atoms with Crippen LogP contribution >= 0.6 is 0 Å². The first-order chi connectivity index (χ1) is 9.22. The van der Waals surface area contributed by atoms with Gasteiger partial charge in [-0.1, -0.05) is 24.3 Å². The van der Waals surface area contributed by atoms with Crippen LogP contribution in [0.2, 0.25) is 0 Å². The predicted octanol–water partition coefficient (Wildman–Crippen LogP) is 3.06. The molecule has 0 aliphatic rings. The van der Waals surface area contributed by atoms with Gasteiger partial charge in [-0.05, 0) is 43.0 Å². The molecule has 1 aromatic heterocycles. The van der Waals surface area contributed by atoms with Crippen LogP contribution in [0.3, 0.4) is 0 Å². The molecule has 1 aromatic carbocycles. The Kier molecular flexibility index (Phi) is 4.53. The first-order valence-corrected chi connectivity index (χ1v) is 6.44. The Bertz CT molecular complexity index is 540. The molecule has 0 radical (unpaired) electrons. The van der Waals surface area contributed by atoms with E-state index < -0.39 is 6.10 Å². The molecule has 0 amide bonds. The van der Waals surface area contributed by atoms with Crippen molar-refractivity contribution < 1.29 is 9.84 Å². The first kappa shape index (κ1) is 13.6. The van der Waals surface area contributed by atoms with Crippen LogP contribution in [0.1, 0.15) is 29.3 Å². The van der Waals surface area contributed by atoms with Crippen molar-refractivity contribution in [2.75, 3.05) is 7.11 Å². The Morgan fingerprint density at radius 2 is 2.00 bits per heavy atom. The van der Waals surface area contributed by atoms with Crippen molar-refractivity contribution in [2.24, 2.45) is 0 Å². The number of benzene rings is 1. The zero-order valence-corrected chi connectivity index (χ0v) is 11.3. The molecule has 0 spiro atoms. The van der Waals surface area contributed by atoms with Crippen molar-refractivity contribution in [3.8, 4) is 5.75 Å². The molecule has 19 heavy (non-hydrogen) atoms. The van der Waals surface area contributed by atoms with Gasteiger partial charge in [-0.3, -0.25) is 4.98 Å². The zero-order valence-electron chi connectivity index (χ0n) is 11.3. The van der Waals surface area contributed by atoms with Gasteiger partial charge in [0.15, 0.2) is 0 Å². The van der Waals surface area contributed by atoms with Gasteiger partial charge in [0.2, 0.25) is 0 Å². The minimum atomic E-state index is -0.601. The number of aliphatic hydroxyl groups excluding tert-OH is 1. The SMILES string of the molecule is COc1cccnc1C(O)CCc1ccccc1C. The molecule has 0 bridgehead atoms. The summed E-state index contributed by atoms with van der Waals surface area (Å²) in [6, 6.07) is 11.9. The Morgan fingerprint density at radius 1 is 1.21 bits per heavy atom. The largest absolute Gasteiger partial charge is 0.495 e. The number of hydrogen-bond donors (Lipinski definition) is 1. The minimum absolute atomic E-state index is 0.601. The third-order valence-corrected chi connectivity index (χ3v) is 3.28. The average molecular weight is 257 g/mol. The number of hydrogen-bond acceptors (Lipinski definition) is 3. The summed E-state index contributed by atoms with van der Waals surface area (Å²) >= 11 is 0. The third kappa shape index (κ3) is 3.32. The number of rotatable bonds is 5. The van der Waals surface area contributed by atoms with Gasteiger partial charge in [-0.25, -0.2) is 0 Å². The molecule has 0 saturated carbocycles. The van der Waals surface area contributed by atoms with Crippen molar-refractivity contribution in [1.29, 1.82) is 0 Å². The number of aromatic nitrogens is 1. The fourth-order valence-electron chi connectivity index (χ4n) is 2.15. The van der Waals surface area contributed by atoms with Crippen LogP contribution < -0.4 is 4.74 Å². The van der Waals surface area contributed by atoms with Gasteiger partial charge in [-0.2, -0.15) is 0 Å². The molecule has 1 unspecified atom stereocenters. The van der Waals surface area contributed by atoms with Crippen LogP contribution in [0.15, 0.2) is 42.6 Å². The van der Waals surface area contributed by atoms with E-state index in [0.717, 1.165) is 6.42 Å². The molecule has 3 nitrogen and oxygen atoms in total. The van der Waals surface area contributed by atoms with E-state index in [-0.39, 0.29) is 0 Å². The summed E-state index contributed by atoms with van der Waals surface area (Å²) in [7, 11) is 1.59. The Hall–Kier alpha value is -1.87. The van der Waals surface area contributed by atoms with E-state index in [0.29, 0.717) is 17.9 Å². The number of aryl methyl sites for hydroxylation is 2. The van der Waals surface area contributed by atoms with Crippen molar-refractivity contribution in [1.82, 2.24) is 4.98 Å². The summed E-state index contributed by atoms with van der Waals surface area (Å²) in [4.78, 5) is 4.21. The smallest absolute Gasteiger partial charge is 0.143 e. The second-order valence-corrected chi connectivity index (χ2v) is 4.57. The lowest BCUT2D eigenvalue weighted by Gasteiger charge is -2.14. The van der Waals surface area contributed by atoms with Crippen LogP contribution in [0.5, 0.6) is 5.75 Å². The van der Waals surface area contributed by atoms with Gasteiger partial charge < -0.3 is 9.84 Å². The number of nitrogens with zero attached hydrogens (tertiary/aromatic N) is 1. The van der Waals surface area contributed by atoms with Crippen LogP contribution in [0, 0.1) is 6.92 Å². The van der Waals surface area contributed by atoms with Gasteiger partial charge in [0.25, 0.3) is 0 Å². The fraction of sp³-hybridized carbons (Fsp3) is 0.312. The topological polar surface area (TPSA) is 42.4 Å². The number of methoxy groups -OCH3 is 1. The predicted molar refractivity (Wildman–Crippen MR) is 75.2 cm³/mol. The standard InChI is InChI=1S/C16H19NO2/c1-12-6-3-4-7-13(12)9-10-14(18)16-15(19-2)8-5-11-17-16/h3-8,11,14,18H,9-10H2,1-2H3. The van der Waals surface area contributed by atoms with E-state index in [4.69, 9.17) is 4.74 Å². The monoisotopic (exact) mass is 257 g/mol. The van der Waals surface area contributed by atoms with Crippen molar-refractivity contribution in [3.63, 3.8) is 0 Å². The lowest BCUT2D eigenvalue weighted by molar-refractivity contribution is 0.158. The minimum Gasteiger partial charge on any atom is -0.495 e. The van der Waals surface area contributed by atoms with Gasteiger partial charge in [0.05, 0.1) is 7.11 Å². The Labute approximate surface area is 113 Å². The molecule has 100 valence electrons. The quantitative estimate of drug-likeness (QED) is 0.895. The van der Waals surface area contributed by atoms with Gasteiger partial charge in [0.1, 0.15) is 17.5 Å². The van der Waals surface area contributed by atoms with E-state index >= 15 is 0 Å². The fourth-order valence-corrected chi connectivity index (χ4v) is 2.15. The highest BCUT2D eigenvalue weighted by molar-refractivity contribution is 5.29. The molecular weight excluding hydrogens is 238 g/mol. The van der Waals surface area contributed by atoms with Gasteiger partial charge in [-0.15, -0.1) is 0 Å². The second kappa shape index (κ2) is 6.34. The van der Waals surface area contributed by atoms with Gasteiger partial charge in [0, 0.05) is 6.20 Å². The molecule has 1 atom stereocenters. The maximum Gasteiger partial charge on any atom is 0.143 e. The molecule has 0 fully saturated rings. The molecule has 2 rings (SSSR count). The van der Waals surface area contributed by atoms with E-state index in [1.54, 1.807) is 19.4 Å². The summed E-state index contributed by atoms with van der Waals surface area (Å²) in [5, 5.41) is 10.2. The number of ether oxygens (including phenoxy) is 1. The highest BCUT2D eigenvalue weighted by atomic mass is 16.5. The molecule has 1 heterocycles. The zero-order chi connectivity index (χ0) is 13.7. The van der Waals surface area contributed by atoms with E-state index in [9.17, 15) is 5.11 Å². The molecule has 1 N–H and O–H groups in total. The summed E-state index contributed by atoms with van der Waals surface area (Å²) < 4.78 is 5.22. The van der Waals surface area contributed by atoms with Crippen molar-refractivity contribution in [2.45, 2.75) is 25.9 Å². The summed E-state index contributed by atoms with van der Waals surface area (Å²) in [5.74, 6) is 0.639. The maximum absolute atomic E-state index is 10.2. The molecule has 2 aromatic rings. The number of aliphatic hydroxyl groups is 1. The lowest BCUT2D eigenvalue weighted by atomic mass is 10.0. The van der Waals surface area contributed by atoms with Crippen molar-refractivity contribution in [3.05, 3.63) is 59.4 Å². The normalized spacial score (nSPS) is 12.2. The van der Waals surface area contributed by atoms with Crippen LogP contribution in [-0.2, 0) is 6.42 Å². The first-order valence-electron chi connectivity index (χ1n) is 6.44. The number of pyridine rings is 1. The molecule has 0 saturated heterocycles. The van der Waals surface area contributed by atoms with E-state index in [2.05, 4.69) is 24.0 Å². The molecule has 0 aliphatic heterocycles. The summed E-state index contributed by atoms with van der Waals surface area (Å²) in [6.07, 6.45) is 2.54. The van der Waals surface area contributed by atoms with E-state index in [1.807, 2.05) is 18.2 Å². The highest BCUT2D eigenvalue weighted by Gasteiger charge is 2.14. The molecule has 3 heteroatoms. The maximum atomic E-state index is 10.2. The summed E-state index contributed by atoms with van der Waals surface area (Å²) in [5.41, 5.74) is 3.12. The molecular formula is C16H19NO2. The third-order valence-electron chi connectivity index (χ3n) is 3.28. The highest BCUT2D eigenvalue weighted by Crippen LogP contribution is 2.26. The van der Waals surface area contributed by atoms with Gasteiger partial charge >= 0.3 is 0 Å². The summed E-state index contributed by atoms with van der Waals surface area (Å²) in [6.45, 7) is 2.09. The Balaban J connectivity index is 2.05. The van der Waals surface area contributed by atoms with Crippen LogP contribution in [0.25, 0.3) is 0 Å².